The van der Waals surface area contributed by atoms with E-state index in [4.69, 9.17) is 14.4 Å². The molecule has 7 nitrogen and oxygen atoms in total. The van der Waals surface area contributed by atoms with Gasteiger partial charge in [0, 0.05) is 29.1 Å². The number of oxime groups is 1. The lowest BCUT2D eigenvalue weighted by Crippen LogP contribution is -2.48. The number of hydrogen-bond donors (Lipinski definition) is 1. The summed E-state index contributed by atoms with van der Waals surface area (Å²) in [7, 11) is -1.97. The van der Waals surface area contributed by atoms with Gasteiger partial charge < -0.3 is 19.3 Å². The van der Waals surface area contributed by atoms with Gasteiger partial charge in [0.05, 0.1) is 32.0 Å². The summed E-state index contributed by atoms with van der Waals surface area (Å²) in [4.78, 5) is 15.7. The Kier molecular flexibility index (Phi) is 7.08. The Bertz CT molecular complexity index is 921. The number of halogens is 1. The van der Waals surface area contributed by atoms with Crippen LogP contribution in [-0.4, -0.2) is 55.4 Å². The van der Waals surface area contributed by atoms with Crippen molar-refractivity contribution in [3.8, 4) is 11.1 Å². The molecule has 0 bridgehead atoms. The molecule has 0 unspecified atom stereocenters. The zero-order valence-corrected chi connectivity index (χ0v) is 19.9. The SMILES string of the molecule is CC(C)(C)[Si](C)(C)OCc1cccc(-c2cnc(N3CC(=NOCCO)C3)nc2)c1F. The van der Waals surface area contributed by atoms with Gasteiger partial charge in [0.2, 0.25) is 5.95 Å². The van der Waals surface area contributed by atoms with Gasteiger partial charge in [-0.15, -0.1) is 0 Å². The van der Waals surface area contributed by atoms with E-state index in [1.807, 2.05) is 11.0 Å². The summed E-state index contributed by atoms with van der Waals surface area (Å²) < 4.78 is 21.4. The van der Waals surface area contributed by atoms with Gasteiger partial charge in [0.25, 0.3) is 0 Å². The zero-order chi connectivity index (χ0) is 22.6. The Morgan fingerprint density at radius 2 is 1.87 bits per heavy atom. The fourth-order valence-electron chi connectivity index (χ4n) is 2.78. The second-order valence-corrected chi connectivity index (χ2v) is 14.0. The molecule has 0 spiro atoms. The van der Waals surface area contributed by atoms with E-state index in [9.17, 15) is 0 Å². The van der Waals surface area contributed by atoms with Crippen molar-refractivity contribution < 1.29 is 18.8 Å². The Hall–Kier alpha value is -2.36. The van der Waals surface area contributed by atoms with Crippen molar-refractivity contribution in [1.29, 1.82) is 0 Å². The zero-order valence-electron chi connectivity index (χ0n) is 18.9. The average molecular weight is 447 g/mol. The standard InChI is InChI=1S/C22H31FN4O3Si/c1-22(2,3)31(4,5)30-15-16-7-6-8-19(20(16)23)17-11-24-21(25-12-17)27-13-18(14-27)26-29-10-9-28/h6-8,11-12,28H,9-10,13-15H2,1-5H3. The highest BCUT2D eigenvalue weighted by Gasteiger charge is 2.37. The lowest BCUT2D eigenvalue weighted by molar-refractivity contribution is 0.0975. The van der Waals surface area contributed by atoms with Crippen LogP contribution in [0.15, 0.2) is 35.7 Å². The monoisotopic (exact) mass is 446 g/mol. The first-order chi connectivity index (χ1) is 14.6. The number of nitrogens with zero attached hydrogens (tertiary/aromatic N) is 4. The van der Waals surface area contributed by atoms with Crippen molar-refractivity contribution in [3.05, 3.63) is 42.0 Å². The van der Waals surface area contributed by atoms with Crippen LogP contribution < -0.4 is 4.90 Å². The van der Waals surface area contributed by atoms with Crippen molar-refractivity contribution >= 4 is 20.0 Å². The van der Waals surface area contributed by atoms with Crippen LogP contribution >= 0.6 is 0 Å². The summed E-state index contributed by atoms with van der Waals surface area (Å²) >= 11 is 0. The van der Waals surface area contributed by atoms with Crippen LogP contribution in [-0.2, 0) is 15.9 Å². The van der Waals surface area contributed by atoms with Crippen LogP contribution in [0.3, 0.4) is 0 Å². The molecule has 1 aliphatic rings. The number of anilines is 1. The number of hydrogen-bond acceptors (Lipinski definition) is 7. The Morgan fingerprint density at radius 3 is 2.48 bits per heavy atom. The molecule has 0 saturated carbocycles. The van der Waals surface area contributed by atoms with E-state index in [-0.39, 0.29) is 30.7 Å². The highest BCUT2D eigenvalue weighted by atomic mass is 28.4. The molecular formula is C22H31FN4O3Si. The van der Waals surface area contributed by atoms with Crippen LogP contribution in [0.4, 0.5) is 10.3 Å². The predicted octanol–water partition coefficient (Wildman–Crippen LogP) is 3.99. The summed E-state index contributed by atoms with van der Waals surface area (Å²) in [5, 5.41) is 12.7. The van der Waals surface area contributed by atoms with Gasteiger partial charge >= 0.3 is 0 Å². The largest absolute Gasteiger partial charge is 0.412 e. The molecule has 1 N–H and O–H groups in total. The highest BCUT2D eigenvalue weighted by molar-refractivity contribution is 6.74. The first kappa shape index (κ1) is 23.3. The molecule has 31 heavy (non-hydrogen) atoms. The summed E-state index contributed by atoms with van der Waals surface area (Å²) in [6, 6.07) is 5.33. The van der Waals surface area contributed by atoms with Crippen molar-refractivity contribution in [2.75, 3.05) is 31.2 Å². The van der Waals surface area contributed by atoms with Crippen molar-refractivity contribution in [2.45, 2.75) is 45.5 Å². The van der Waals surface area contributed by atoms with Crippen LogP contribution in [0.25, 0.3) is 11.1 Å². The first-order valence-corrected chi connectivity index (χ1v) is 13.3. The lowest BCUT2D eigenvalue weighted by Gasteiger charge is -2.36. The van der Waals surface area contributed by atoms with E-state index in [0.29, 0.717) is 35.7 Å². The number of rotatable bonds is 8. The maximum absolute atomic E-state index is 15.2. The van der Waals surface area contributed by atoms with Crippen molar-refractivity contribution in [3.63, 3.8) is 0 Å². The van der Waals surface area contributed by atoms with E-state index in [2.05, 4.69) is 49.0 Å². The molecule has 1 aliphatic heterocycles. The lowest BCUT2D eigenvalue weighted by atomic mass is 10.1. The Balaban J connectivity index is 1.67. The number of aromatic nitrogens is 2. The predicted molar refractivity (Wildman–Crippen MR) is 122 cm³/mol. The van der Waals surface area contributed by atoms with Gasteiger partial charge in [-0.25, -0.2) is 14.4 Å². The maximum Gasteiger partial charge on any atom is 0.225 e. The number of benzene rings is 1. The van der Waals surface area contributed by atoms with Gasteiger partial charge in [0.1, 0.15) is 12.4 Å². The summed E-state index contributed by atoms with van der Waals surface area (Å²) in [5.74, 6) is 0.264. The molecule has 1 saturated heterocycles. The van der Waals surface area contributed by atoms with Crippen LogP contribution in [0.2, 0.25) is 18.1 Å². The number of aliphatic hydroxyl groups is 1. The summed E-state index contributed by atoms with van der Waals surface area (Å²) in [6.45, 7) is 12.3. The van der Waals surface area contributed by atoms with E-state index < -0.39 is 8.32 Å². The van der Waals surface area contributed by atoms with Gasteiger partial charge in [0.15, 0.2) is 8.32 Å². The highest BCUT2D eigenvalue weighted by Crippen LogP contribution is 2.37. The van der Waals surface area contributed by atoms with E-state index in [1.54, 1.807) is 24.5 Å². The third-order valence-corrected chi connectivity index (χ3v) is 10.3. The van der Waals surface area contributed by atoms with Gasteiger partial charge in [-0.1, -0.05) is 44.1 Å². The molecule has 3 rings (SSSR count). The summed E-state index contributed by atoms with van der Waals surface area (Å²) in [6.07, 6.45) is 3.27. The second-order valence-electron chi connectivity index (χ2n) is 9.17. The Morgan fingerprint density at radius 1 is 1.19 bits per heavy atom. The van der Waals surface area contributed by atoms with Crippen molar-refractivity contribution in [1.82, 2.24) is 9.97 Å². The summed E-state index contributed by atoms with van der Waals surface area (Å²) in [5.41, 5.74) is 2.49. The molecule has 0 amide bonds. The molecule has 1 aromatic heterocycles. The molecule has 0 atom stereocenters. The fourth-order valence-corrected chi connectivity index (χ4v) is 3.73. The van der Waals surface area contributed by atoms with E-state index in [1.165, 1.54) is 0 Å². The molecule has 9 heteroatoms. The van der Waals surface area contributed by atoms with Gasteiger partial charge in [-0.05, 0) is 18.1 Å². The van der Waals surface area contributed by atoms with E-state index in [0.717, 1.165) is 5.71 Å². The Labute approximate surface area is 184 Å². The third-order valence-electron chi connectivity index (χ3n) is 5.83. The molecule has 2 heterocycles. The first-order valence-electron chi connectivity index (χ1n) is 10.4. The molecule has 1 fully saturated rings. The average Bonchev–Trinajstić information content (AvgIpc) is 2.68. The minimum absolute atomic E-state index is 0.0642. The van der Waals surface area contributed by atoms with Crippen molar-refractivity contribution in [2.24, 2.45) is 5.16 Å². The van der Waals surface area contributed by atoms with E-state index >= 15 is 4.39 Å². The molecule has 1 aromatic carbocycles. The van der Waals surface area contributed by atoms with Crippen LogP contribution in [0, 0.1) is 5.82 Å². The topological polar surface area (TPSA) is 80.1 Å². The number of aliphatic hydroxyl groups excluding tert-OH is 1. The van der Waals surface area contributed by atoms with Gasteiger partial charge in [-0.2, -0.15) is 0 Å². The minimum Gasteiger partial charge on any atom is -0.412 e. The van der Waals surface area contributed by atoms with Gasteiger partial charge in [-0.3, -0.25) is 0 Å². The molecule has 0 radical (unpaired) electrons. The minimum atomic E-state index is -1.97. The maximum atomic E-state index is 15.2. The van der Waals surface area contributed by atoms with Crippen LogP contribution in [0.5, 0.6) is 0 Å². The second kappa shape index (κ2) is 9.42. The smallest absolute Gasteiger partial charge is 0.225 e. The third kappa shape index (κ3) is 5.47. The normalized spacial score (nSPS) is 14.4. The molecule has 0 aliphatic carbocycles. The molecule has 168 valence electrons. The molecule has 2 aromatic rings. The quantitative estimate of drug-likeness (QED) is 0.375. The van der Waals surface area contributed by atoms with Crippen LogP contribution in [0.1, 0.15) is 26.3 Å². The molecular weight excluding hydrogens is 415 g/mol. The fraction of sp³-hybridized carbons (Fsp3) is 0.500.